The van der Waals surface area contributed by atoms with E-state index in [2.05, 4.69) is 12.2 Å². The van der Waals surface area contributed by atoms with E-state index in [4.69, 9.17) is 14.2 Å². The molecular formula is C22H37NO4. The zero-order chi connectivity index (χ0) is 19.7. The van der Waals surface area contributed by atoms with Crippen LogP contribution in [-0.2, 0) is 20.7 Å². The molecule has 1 aromatic rings. The topological polar surface area (TPSA) is 56.8 Å². The largest absolute Gasteiger partial charge is 0.492 e. The second-order valence-electron chi connectivity index (χ2n) is 6.56. The van der Waals surface area contributed by atoms with Crippen LogP contribution in [0, 0.1) is 0 Å². The number of unbranched alkanes of at least 4 members (excludes halogenated alkanes) is 4. The molecule has 27 heavy (non-hydrogen) atoms. The predicted octanol–water partition coefficient (Wildman–Crippen LogP) is 4.14. The molecule has 1 rings (SSSR count). The van der Waals surface area contributed by atoms with Gasteiger partial charge in [0.05, 0.1) is 6.61 Å². The molecule has 0 aliphatic rings. The summed E-state index contributed by atoms with van der Waals surface area (Å²) in [5, 5.41) is 3.42. The summed E-state index contributed by atoms with van der Waals surface area (Å²) >= 11 is 0. The molecule has 0 spiro atoms. The van der Waals surface area contributed by atoms with Gasteiger partial charge in [-0.05, 0) is 44.5 Å². The van der Waals surface area contributed by atoms with Gasteiger partial charge in [0, 0.05) is 19.6 Å². The summed E-state index contributed by atoms with van der Waals surface area (Å²) in [4.78, 5) is 11.9. The van der Waals surface area contributed by atoms with E-state index >= 15 is 0 Å². The number of carbonyl (C=O) groups is 1. The molecule has 0 radical (unpaired) electrons. The molecule has 1 atom stereocenters. The Bertz CT molecular complexity index is 490. The van der Waals surface area contributed by atoms with Gasteiger partial charge in [0.25, 0.3) is 0 Å². The van der Waals surface area contributed by atoms with E-state index in [1.54, 1.807) is 6.92 Å². The number of hydrogen-bond donors (Lipinski definition) is 1. The van der Waals surface area contributed by atoms with E-state index in [9.17, 15) is 4.79 Å². The van der Waals surface area contributed by atoms with Gasteiger partial charge in [-0.15, -0.1) is 0 Å². The summed E-state index contributed by atoms with van der Waals surface area (Å²) in [6.07, 6.45) is 6.45. The lowest BCUT2D eigenvalue weighted by Gasteiger charge is -2.16. The SMILES string of the molecule is CCCCCCCNCCOc1ccc(CC(OCC)C(=O)OCC)cc1. The highest BCUT2D eigenvalue weighted by atomic mass is 16.6. The third kappa shape index (κ3) is 11.0. The maximum absolute atomic E-state index is 11.9. The van der Waals surface area contributed by atoms with Crippen molar-refractivity contribution in [2.24, 2.45) is 0 Å². The Morgan fingerprint density at radius 2 is 1.70 bits per heavy atom. The van der Waals surface area contributed by atoms with Gasteiger partial charge in [-0.2, -0.15) is 0 Å². The third-order valence-electron chi connectivity index (χ3n) is 4.27. The maximum atomic E-state index is 11.9. The molecule has 0 aliphatic heterocycles. The van der Waals surface area contributed by atoms with Crippen molar-refractivity contribution < 1.29 is 19.0 Å². The van der Waals surface area contributed by atoms with Crippen molar-refractivity contribution in [3.05, 3.63) is 29.8 Å². The van der Waals surface area contributed by atoms with Crippen LogP contribution in [0.2, 0.25) is 0 Å². The van der Waals surface area contributed by atoms with Crippen LogP contribution in [0.1, 0.15) is 58.4 Å². The minimum absolute atomic E-state index is 0.305. The summed E-state index contributed by atoms with van der Waals surface area (Å²) in [5.74, 6) is 0.535. The van der Waals surface area contributed by atoms with E-state index in [1.165, 1.54) is 32.1 Å². The third-order valence-corrected chi connectivity index (χ3v) is 4.27. The van der Waals surface area contributed by atoms with Gasteiger partial charge in [0.1, 0.15) is 12.4 Å². The van der Waals surface area contributed by atoms with Crippen molar-refractivity contribution >= 4 is 5.97 Å². The van der Waals surface area contributed by atoms with Gasteiger partial charge < -0.3 is 19.5 Å². The number of esters is 1. The summed E-state index contributed by atoms with van der Waals surface area (Å²) in [6, 6.07) is 7.83. The molecule has 1 N–H and O–H groups in total. The first-order chi connectivity index (χ1) is 13.2. The standard InChI is InChI=1S/C22H37NO4/c1-4-7-8-9-10-15-23-16-17-27-20-13-11-19(12-14-20)18-21(25-5-2)22(24)26-6-3/h11-14,21,23H,4-10,15-18H2,1-3H3. The van der Waals surface area contributed by atoms with Crippen molar-refractivity contribution in [3.63, 3.8) is 0 Å². The minimum Gasteiger partial charge on any atom is -0.492 e. The summed E-state index contributed by atoms with van der Waals surface area (Å²) in [6.45, 7) is 9.32. The second-order valence-corrected chi connectivity index (χ2v) is 6.56. The minimum atomic E-state index is -0.553. The molecule has 0 saturated carbocycles. The van der Waals surface area contributed by atoms with E-state index in [1.807, 2.05) is 31.2 Å². The van der Waals surface area contributed by atoms with E-state index in [0.29, 0.717) is 26.2 Å². The normalized spacial score (nSPS) is 12.0. The lowest BCUT2D eigenvalue weighted by molar-refractivity contribution is -0.156. The fourth-order valence-corrected chi connectivity index (χ4v) is 2.80. The summed E-state index contributed by atoms with van der Waals surface area (Å²) in [5.41, 5.74) is 1.03. The van der Waals surface area contributed by atoms with Crippen molar-refractivity contribution in [1.82, 2.24) is 5.32 Å². The van der Waals surface area contributed by atoms with Crippen molar-refractivity contribution in [3.8, 4) is 5.75 Å². The molecule has 0 bridgehead atoms. The van der Waals surface area contributed by atoms with Crippen LogP contribution in [0.15, 0.2) is 24.3 Å². The lowest BCUT2D eigenvalue weighted by Crippen LogP contribution is -2.29. The highest BCUT2D eigenvalue weighted by Crippen LogP contribution is 2.15. The number of benzene rings is 1. The van der Waals surface area contributed by atoms with Gasteiger partial charge in [0.15, 0.2) is 6.10 Å². The maximum Gasteiger partial charge on any atom is 0.335 e. The molecule has 0 fully saturated rings. The quantitative estimate of drug-likeness (QED) is 0.346. The molecule has 0 aliphatic carbocycles. The molecular weight excluding hydrogens is 342 g/mol. The molecule has 1 unspecified atom stereocenters. The Hall–Kier alpha value is -1.59. The molecule has 0 heterocycles. The molecule has 1 aromatic carbocycles. The summed E-state index contributed by atoms with van der Waals surface area (Å²) < 4.78 is 16.3. The number of hydrogen-bond acceptors (Lipinski definition) is 5. The lowest BCUT2D eigenvalue weighted by atomic mass is 10.1. The van der Waals surface area contributed by atoms with Gasteiger partial charge in [0.2, 0.25) is 0 Å². The first-order valence-electron chi connectivity index (χ1n) is 10.4. The van der Waals surface area contributed by atoms with Crippen LogP contribution >= 0.6 is 0 Å². The molecule has 0 saturated heterocycles. The number of rotatable bonds is 16. The van der Waals surface area contributed by atoms with Crippen LogP contribution in [0.5, 0.6) is 5.75 Å². The van der Waals surface area contributed by atoms with Crippen LogP contribution in [0.4, 0.5) is 0 Å². The van der Waals surface area contributed by atoms with E-state index < -0.39 is 6.10 Å². The number of carbonyl (C=O) groups excluding carboxylic acids is 1. The molecule has 154 valence electrons. The van der Waals surface area contributed by atoms with E-state index in [0.717, 1.165) is 24.4 Å². The number of nitrogens with one attached hydrogen (secondary N) is 1. The van der Waals surface area contributed by atoms with Crippen LogP contribution in [0.3, 0.4) is 0 Å². The Balaban J connectivity index is 2.25. The predicted molar refractivity (Wildman–Crippen MR) is 109 cm³/mol. The van der Waals surface area contributed by atoms with Crippen LogP contribution < -0.4 is 10.1 Å². The highest BCUT2D eigenvalue weighted by Gasteiger charge is 2.20. The van der Waals surface area contributed by atoms with Crippen LogP contribution in [-0.4, -0.2) is 45.0 Å². The van der Waals surface area contributed by atoms with Gasteiger partial charge in [-0.1, -0.05) is 44.7 Å². The van der Waals surface area contributed by atoms with Crippen molar-refractivity contribution in [2.45, 2.75) is 65.4 Å². The van der Waals surface area contributed by atoms with Crippen LogP contribution in [0.25, 0.3) is 0 Å². The van der Waals surface area contributed by atoms with E-state index in [-0.39, 0.29) is 5.97 Å². The molecule has 5 heteroatoms. The average molecular weight is 380 g/mol. The smallest absolute Gasteiger partial charge is 0.335 e. The first-order valence-corrected chi connectivity index (χ1v) is 10.4. The van der Waals surface area contributed by atoms with Crippen molar-refractivity contribution in [1.29, 1.82) is 0 Å². The fraction of sp³-hybridized carbons (Fsp3) is 0.682. The summed E-state index contributed by atoms with van der Waals surface area (Å²) in [7, 11) is 0. The second kappa shape index (κ2) is 15.5. The Morgan fingerprint density at radius 3 is 2.37 bits per heavy atom. The van der Waals surface area contributed by atoms with Gasteiger partial charge in [-0.25, -0.2) is 4.79 Å². The first kappa shape index (κ1) is 23.4. The monoisotopic (exact) mass is 379 g/mol. The van der Waals surface area contributed by atoms with Crippen molar-refractivity contribution in [2.75, 3.05) is 32.9 Å². The number of ether oxygens (including phenoxy) is 3. The Labute approximate surface area is 164 Å². The average Bonchev–Trinajstić information content (AvgIpc) is 2.67. The highest BCUT2D eigenvalue weighted by molar-refractivity contribution is 5.75. The Kier molecular flexibility index (Phi) is 13.4. The molecule has 0 amide bonds. The zero-order valence-corrected chi connectivity index (χ0v) is 17.3. The van der Waals surface area contributed by atoms with Gasteiger partial charge >= 0.3 is 5.97 Å². The zero-order valence-electron chi connectivity index (χ0n) is 17.3. The fourth-order valence-electron chi connectivity index (χ4n) is 2.80. The molecule has 5 nitrogen and oxygen atoms in total. The van der Waals surface area contributed by atoms with Gasteiger partial charge in [-0.3, -0.25) is 0 Å². The molecule has 0 aromatic heterocycles. The Morgan fingerprint density at radius 1 is 0.963 bits per heavy atom.